The Hall–Kier alpha value is -0.520. The van der Waals surface area contributed by atoms with Gasteiger partial charge in [-0.1, -0.05) is 80.0 Å². The van der Waals surface area contributed by atoms with E-state index < -0.39 is 0 Å². The van der Waals surface area contributed by atoms with Gasteiger partial charge < -0.3 is 0 Å². The molecule has 0 amide bonds. The fourth-order valence-corrected chi connectivity index (χ4v) is 2.70. The topological polar surface area (TPSA) is 0 Å². The second kappa shape index (κ2) is 4.54. The maximum atomic E-state index is 2.52. The first kappa shape index (κ1) is 15.5. The van der Waals surface area contributed by atoms with E-state index in [1.54, 1.807) is 5.57 Å². The summed E-state index contributed by atoms with van der Waals surface area (Å²) in [6.07, 6.45) is 6.23. The maximum Gasteiger partial charge on any atom is -0.000381 e. The van der Waals surface area contributed by atoms with Gasteiger partial charge in [0.2, 0.25) is 0 Å². The van der Waals surface area contributed by atoms with E-state index in [4.69, 9.17) is 0 Å². The smallest absolute Gasteiger partial charge is 0.000381 e. The van der Waals surface area contributed by atoms with Gasteiger partial charge >= 0.3 is 0 Å². The van der Waals surface area contributed by atoms with Crippen LogP contribution in [0.2, 0.25) is 0 Å². The van der Waals surface area contributed by atoms with Gasteiger partial charge in [0.05, 0.1) is 0 Å². The highest BCUT2D eigenvalue weighted by Gasteiger charge is 2.33. The average molecular weight is 248 g/mol. The number of hydrogen-bond acceptors (Lipinski definition) is 0. The molecule has 1 rings (SSSR count). The molecular formula is C18H32. The molecule has 18 heavy (non-hydrogen) atoms. The molecule has 0 spiro atoms. The zero-order valence-corrected chi connectivity index (χ0v) is 13.9. The molecule has 0 aliphatic heterocycles. The lowest BCUT2D eigenvalue weighted by Crippen LogP contribution is -2.19. The quantitative estimate of drug-likeness (QED) is 0.534. The van der Waals surface area contributed by atoms with Crippen molar-refractivity contribution >= 4 is 0 Å². The van der Waals surface area contributed by atoms with E-state index in [-0.39, 0.29) is 10.8 Å². The van der Waals surface area contributed by atoms with E-state index >= 15 is 0 Å². The summed E-state index contributed by atoms with van der Waals surface area (Å²) in [7, 11) is 0. The Balaban J connectivity index is 3.08. The molecule has 0 N–H and O–H groups in total. The van der Waals surface area contributed by atoms with Crippen LogP contribution in [0.5, 0.6) is 0 Å². The minimum atomic E-state index is 0.267. The van der Waals surface area contributed by atoms with E-state index in [1.165, 1.54) is 12.0 Å². The van der Waals surface area contributed by atoms with Gasteiger partial charge in [0.1, 0.15) is 0 Å². The summed E-state index contributed by atoms with van der Waals surface area (Å²) in [6, 6.07) is 0. The first-order valence-corrected chi connectivity index (χ1v) is 7.25. The number of rotatable bonds is 1. The van der Waals surface area contributed by atoms with Crippen molar-refractivity contribution in [3.05, 3.63) is 23.3 Å². The van der Waals surface area contributed by atoms with Gasteiger partial charge in [0, 0.05) is 0 Å². The van der Waals surface area contributed by atoms with Gasteiger partial charge in [-0.2, -0.15) is 0 Å². The number of hydrogen-bond donors (Lipinski definition) is 0. The van der Waals surface area contributed by atoms with Gasteiger partial charge in [-0.15, -0.1) is 0 Å². The molecule has 0 aromatic rings. The molecule has 0 saturated carbocycles. The van der Waals surface area contributed by atoms with Crippen LogP contribution in [0.4, 0.5) is 0 Å². The monoisotopic (exact) mass is 248 g/mol. The summed E-state index contributed by atoms with van der Waals surface area (Å²) in [5, 5.41) is 0. The molecule has 0 nitrogen and oxygen atoms in total. The van der Waals surface area contributed by atoms with Crippen molar-refractivity contribution < 1.29 is 0 Å². The minimum Gasteiger partial charge on any atom is -0.0735 e. The number of allylic oxidation sites excluding steroid dienone is 4. The van der Waals surface area contributed by atoms with E-state index in [2.05, 4.69) is 74.5 Å². The third-order valence-electron chi connectivity index (χ3n) is 3.66. The summed E-state index contributed by atoms with van der Waals surface area (Å²) >= 11 is 0. The normalized spacial score (nSPS) is 21.9. The molecule has 0 heteroatoms. The van der Waals surface area contributed by atoms with E-state index in [0.29, 0.717) is 11.3 Å². The SMILES string of the molecule is CC(C)(C)CC1C=C(C(C)(C)C)C=C1C(C)(C)C. The zero-order valence-electron chi connectivity index (χ0n) is 13.9. The fraction of sp³-hybridized carbons (Fsp3) is 0.778. The van der Waals surface area contributed by atoms with Crippen LogP contribution in [0.25, 0.3) is 0 Å². The molecule has 0 saturated heterocycles. The lowest BCUT2D eigenvalue weighted by atomic mass is 9.74. The highest BCUT2D eigenvalue weighted by atomic mass is 14.4. The third-order valence-corrected chi connectivity index (χ3v) is 3.66. The van der Waals surface area contributed by atoms with Crippen LogP contribution in [-0.4, -0.2) is 0 Å². The zero-order chi connectivity index (χ0) is 14.4. The molecule has 0 aromatic carbocycles. The Morgan fingerprint density at radius 2 is 1.33 bits per heavy atom. The Labute approximate surface area is 115 Å². The van der Waals surface area contributed by atoms with E-state index in [1.807, 2.05) is 0 Å². The molecule has 0 bridgehead atoms. The summed E-state index contributed by atoms with van der Waals surface area (Å²) in [5.41, 5.74) is 4.06. The molecule has 0 fully saturated rings. The first-order valence-electron chi connectivity index (χ1n) is 7.25. The largest absolute Gasteiger partial charge is 0.0735 e. The average Bonchev–Trinajstić information content (AvgIpc) is 2.42. The Morgan fingerprint density at radius 3 is 1.67 bits per heavy atom. The summed E-state index contributed by atoms with van der Waals surface area (Å²) in [4.78, 5) is 0. The van der Waals surface area contributed by atoms with Gasteiger partial charge in [0.25, 0.3) is 0 Å². The summed E-state index contributed by atoms with van der Waals surface area (Å²) < 4.78 is 0. The van der Waals surface area contributed by atoms with Crippen LogP contribution < -0.4 is 0 Å². The Morgan fingerprint density at radius 1 is 0.833 bits per heavy atom. The Bertz CT molecular complexity index is 358. The van der Waals surface area contributed by atoms with Crippen molar-refractivity contribution in [2.45, 2.75) is 68.7 Å². The van der Waals surface area contributed by atoms with Crippen LogP contribution in [0, 0.1) is 22.2 Å². The predicted octanol–water partition coefficient (Wildman–Crippen LogP) is 6.00. The molecule has 1 unspecified atom stereocenters. The van der Waals surface area contributed by atoms with Crippen LogP contribution in [0.1, 0.15) is 68.7 Å². The highest BCUT2D eigenvalue weighted by molar-refractivity contribution is 5.41. The maximum absolute atomic E-state index is 2.52. The van der Waals surface area contributed by atoms with E-state index in [9.17, 15) is 0 Å². The molecule has 1 aliphatic carbocycles. The van der Waals surface area contributed by atoms with Gasteiger partial charge in [-0.05, 0) is 34.2 Å². The third kappa shape index (κ3) is 4.00. The molecule has 0 heterocycles. The van der Waals surface area contributed by atoms with Crippen molar-refractivity contribution in [3.63, 3.8) is 0 Å². The summed E-state index contributed by atoms with van der Waals surface area (Å²) in [6.45, 7) is 21.0. The predicted molar refractivity (Wildman–Crippen MR) is 82.6 cm³/mol. The minimum absolute atomic E-state index is 0.267. The van der Waals surface area contributed by atoms with Gasteiger partial charge in [-0.3, -0.25) is 0 Å². The van der Waals surface area contributed by atoms with Crippen molar-refractivity contribution in [2.24, 2.45) is 22.2 Å². The second-order valence-electron chi connectivity index (χ2n) is 9.09. The van der Waals surface area contributed by atoms with Crippen LogP contribution in [0.3, 0.4) is 0 Å². The van der Waals surface area contributed by atoms with Crippen LogP contribution in [0.15, 0.2) is 23.3 Å². The Kier molecular flexibility index (Phi) is 3.92. The van der Waals surface area contributed by atoms with Crippen LogP contribution in [-0.2, 0) is 0 Å². The second-order valence-corrected chi connectivity index (χ2v) is 9.09. The van der Waals surface area contributed by atoms with Crippen molar-refractivity contribution in [1.82, 2.24) is 0 Å². The van der Waals surface area contributed by atoms with Gasteiger partial charge in [-0.25, -0.2) is 0 Å². The molecule has 1 aliphatic rings. The molecular weight excluding hydrogens is 216 g/mol. The highest BCUT2D eigenvalue weighted by Crippen LogP contribution is 2.46. The molecule has 1 atom stereocenters. The van der Waals surface area contributed by atoms with E-state index in [0.717, 1.165) is 0 Å². The fourth-order valence-electron chi connectivity index (χ4n) is 2.70. The molecule has 104 valence electrons. The molecule has 0 aromatic heterocycles. The van der Waals surface area contributed by atoms with Crippen molar-refractivity contribution in [3.8, 4) is 0 Å². The lowest BCUT2D eigenvalue weighted by molar-refractivity contribution is 0.321. The van der Waals surface area contributed by atoms with Crippen molar-refractivity contribution in [1.29, 1.82) is 0 Å². The summed E-state index contributed by atoms with van der Waals surface area (Å²) in [5.74, 6) is 0.624. The molecule has 0 radical (unpaired) electrons. The van der Waals surface area contributed by atoms with Crippen molar-refractivity contribution in [2.75, 3.05) is 0 Å². The standard InChI is InChI=1S/C18H32/c1-16(2,3)12-13-10-14(17(4,5)6)11-15(13)18(7,8)9/h10-11,13H,12H2,1-9H3. The van der Waals surface area contributed by atoms with Crippen LogP contribution >= 0.6 is 0 Å². The van der Waals surface area contributed by atoms with Gasteiger partial charge in [0.15, 0.2) is 0 Å². The lowest BCUT2D eigenvalue weighted by Gasteiger charge is -2.30. The first-order chi connectivity index (χ1) is 7.81.